The number of hydrogen-bond acceptors (Lipinski definition) is 2. The highest BCUT2D eigenvalue weighted by atomic mass is 79.9. The summed E-state index contributed by atoms with van der Waals surface area (Å²) in [6.07, 6.45) is 0. The van der Waals surface area contributed by atoms with Crippen LogP contribution >= 0.6 is 27.5 Å². The zero-order chi connectivity index (χ0) is 9.03. The Hall–Kier alpha value is -0.250. The minimum absolute atomic E-state index is 0.645. The van der Waals surface area contributed by atoms with Crippen LogP contribution in [0.5, 0.6) is 5.75 Å². The predicted octanol–water partition coefficient (Wildman–Crippen LogP) is 2.96. The van der Waals surface area contributed by atoms with E-state index in [0.717, 1.165) is 0 Å². The second kappa shape index (κ2) is 4.12. The minimum atomic E-state index is -1.27. The van der Waals surface area contributed by atoms with Gasteiger partial charge in [0.05, 0.1) is 0 Å². The van der Waals surface area contributed by atoms with Crippen LogP contribution in [0.3, 0.4) is 0 Å². The standard InChI is InChI=1S/C8H8BrClO2/c1-11-8(9,10)12-7-5-3-2-4-6-7/h2-6H,1H3. The molecular weight excluding hydrogens is 243 g/mol. The Labute approximate surface area is 84.6 Å². The van der Waals surface area contributed by atoms with E-state index in [1.807, 2.05) is 18.2 Å². The molecule has 0 fully saturated rings. The van der Waals surface area contributed by atoms with Gasteiger partial charge in [-0.05, 0) is 23.7 Å². The van der Waals surface area contributed by atoms with Crippen LogP contribution < -0.4 is 4.74 Å². The van der Waals surface area contributed by atoms with Crippen LogP contribution in [-0.2, 0) is 4.74 Å². The molecule has 12 heavy (non-hydrogen) atoms. The van der Waals surface area contributed by atoms with E-state index in [1.54, 1.807) is 12.1 Å². The first-order valence-corrected chi connectivity index (χ1v) is 4.48. The molecule has 2 nitrogen and oxygen atoms in total. The second-order valence-corrected chi connectivity index (χ2v) is 4.08. The van der Waals surface area contributed by atoms with Crippen LogP contribution in [0.2, 0.25) is 0 Å². The fourth-order valence-electron chi connectivity index (χ4n) is 0.667. The van der Waals surface area contributed by atoms with Crippen molar-refractivity contribution >= 4 is 27.5 Å². The summed E-state index contributed by atoms with van der Waals surface area (Å²) in [5.74, 6) is 0.645. The number of benzene rings is 1. The molecule has 1 aromatic carbocycles. The Morgan fingerprint density at radius 2 is 1.92 bits per heavy atom. The van der Waals surface area contributed by atoms with Gasteiger partial charge in [-0.3, -0.25) is 0 Å². The van der Waals surface area contributed by atoms with Gasteiger partial charge < -0.3 is 9.47 Å². The lowest BCUT2D eigenvalue weighted by atomic mass is 10.3. The smallest absolute Gasteiger partial charge is 0.350 e. The monoisotopic (exact) mass is 250 g/mol. The lowest BCUT2D eigenvalue weighted by Crippen LogP contribution is -2.22. The molecule has 0 aliphatic heterocycles. The first-order valence-electron chi connectivity index (χ1n) is 3.31. The molecule has 4 heteroatoms. The fraction of sp³-hybridized carbons (Fsp3) is 0.250. The van der Waals surface area contributed by atoms with Crippen molar-refractivity contribution in [3.8, 4) is 5.75 Å². The lowest BCUT2D eigenvalue weighted by Gasteiger charge is -2.19. The van der Waals surface area contributed by atoms with Crippen molar-refractivity contribution in [3.63, 3.8) is 0 Å². The molecule has 1 unspecified atom stereocenters. The average Bonchev–Trinajstić information content (AvgIpc) is 2.06. The van der Waals surface area contributed by atoms with E-state index in [2.05, 4.69) is 15.9 Å². The highest BCUT2D eigenvalue weighted by Crippen LogP contribution is 2.28. The van der Waals surface area contributed by atoms with Crippen LogP contribution in [0.1, 0.15) is 0 Å². The number of ether oxygens (including phenoxy) is 2. The van der Waals surface area contributed by atoms with Gasteiger partial charge in [0.15, 0.2) is 0 Å². The highest BCUT2D eigenvalue weighted by molar-refractivity contribution is 9.10. The molecule has 0 saturated carbocycles. The molecule has 1 aromatic rings. The maximum Gasteiger partial charge on any atom is 0.350 e. The van der Waals surface area contributed by atoms with Gasteiger partial charge in [-0.1, -0.05) is 18.2 Å². The summed E-state index contributed by atoms with van der Waals surface area (Å²) >= 11 is 8.77. The number of hydrogen-bond donors (Lipinski definition) is 0. The number of rotatable bonds is 3. The number of alkyl halides is 2. The van der Waals surface area contributed by atoms with Gasteiger partial charge in [-0.25, -0.2) is 0 Å². The molecule has 0 heterocycles. The third kappa shape index (κ3) is 3.01. The largest absolute Gasteiger partial charge is 0.440 e. The summed E-state index contributed by atoms with van der Waals surface area (Å²) < 4.78 is 8.74. The summed E-state index contributed by atoms with van der Waals surface area (Å²) in [6.45, 7) is 0. The second-order valence-electron chi connectivity index (χ2n) is 2.08. The molecule has 0 bridgehead atoms. The summed E-state index contributed by atoms with van der Waals surface area (Å²) in [4.78, 5) is 0. The maximum atomic E-state index is 5.73. The number of halogens is 2. The van der Waals surface area contributed by atoms with Crippen molar-refractivity contribution in [1.29, 1.82) is 0 Å². The van der Waals surface area contributed by atoms with Crippen LogP contribution in [0.25, 0.3) is 0 Å². The van der Waals surface area contributed by atoms with Gasteiger partial charge in [0, 0.05) is 23.0 Å². The topological polar surface area (TPSA) is 18.5 Å². The molecule has 1 rings (SSSR count). The van der Waals surface area contributed by atoms with E-state index >= 15 is 0 Å². The van der Waals surface area contributed by atoms with Crippen molar-refractivity contribution in [1.82, 2.24) is 0 Å². The molecule has 0 radical (unpaired) electrons. The number of methoxy groups -OCH3 is 1. The molecule has 0 amide bonds. The quantitative estimate of drug-likeness (QED) is 0.607. The molecule has 0 N–H and O–H groups in total. The zero-order valence-corrected chi connectivity index (χ0v) is 8.80. The summed E-state index contributed by atoms with van der Waals surface area (Å²) in [6, 6.07) is 9.18. The molecule has 66 valence electrons. The Kier molecular flexibility index (Phi) is 3.38. The van der Waals surface area contributed by atoms with Gasteiger partial charge in [0.2, 0.25) is 0 Å². The van der Waals surface area contributed by atoms with E-state index in [9.17, 15) is 0 Å². The minimum Gasteiger partial charge on any atom is -0.440 e. The van der Waals surface area contributed by atoms with Crippen LogP contribution in [0, 0.1) is 0 Å². The normalized spacial score (nSPS) is 15.2. The Morgan fingerprint density at radius 3 is 2.42 bits per heavy atom. The molecule has 0 saturated heterocycles. The Balaban J connectivity index is 2.64. The van der Waals surface area contributed by atoms with Crippen LogP contribution in [-0.4, -0.2) is 11.3 Å². The van der Waals surface area contributed by atoms with E-state index in [-0.39, 0.29) is 0 Å². The van der Waals surface area contributed by atoms with E-state index in [4.69, 9.17) is 21.1 Å². The maximum absolute atomic E-state index is 5.73. The number of para-hydroxylation sites is 1. The van der Waals surface area contributed by atoms with Gasteiger partial charge in [0.1, 0.15) is 5.75 Å². The molecule has 0 spiro atoms. The van der Waals surface area contributed by atoms with E-state index in [0.29, 0.717) is 5.75 Å². The molecule has 0 aliphatic rings. The van der Waals surface area contributed by atoms with Gasteiger partial charge >= 0.3 is 4.16 Å². The van der Waals surface area contributed by atoms with Crippen LogP contribution in [0.4, 0.5) is 0 Å². The van der Waals surface area contributed by atoms with Gasteiger partial charge in [-0.15, -0.1) is 0 Å². The van der Waals surface area contributed by atoms with Crippen molar-refractivity contribution in [2.24, 2.45) is 0 Å². The van der Waals surface area contributed by atoms with Crippen molar-refractivity contribution < 1.29 is 9.47 Å². The lowest BCUT2D eigenvalue weighted by molar-refractivity contribution is -0.0125. The first kappa shape index (κ1) is 9.84. The summed E-state index contributed by atoms with van der Waals surface area (Å²) in [7, 11) is 1.45. The van der Waals surface area contributed by atoms with Crippen molar-refractivity contribution in [3.05, 3.63) is 30.3 Å². The molecule has 0 aliphatic carbocycles. The SMILES string of the molecule is COC(Cl)(Br)Oc1ccccc1. The average molecular weight is 252 g/mol. The van der Waals surface area contributed by atoms with E-state index < -0.39 is 4.16 Å². The fourth-order valence-corrected chi connectivity index (χ4v) is 0.943. The Morgan fingerprint density at radius 1 is 1.33 bits per heavy atom. The summed E-state index contributed by atoms with van der Waals surface area (Å²) in [5, 5.41) is 0. The molecule has 0 aromatic heterocycles. The zero-order valence-electron chi connectivity index (χ0n) is 6.46. The van der Waals surface area contributed by atoms with Crippen LogP contribution in [0.15, 0.2) is 30.3 Å². The molecule has 1 atom stereocenters. The predicted molar refractivity (Wildman–Crippen MR) is 51.6 cm³/mol. The Bertz CT molecular complexity index is 238. The highest BCUT2D eigenvalue weighted by Gasteiger charge is 2.24. The summed E-state index contributed by atoms with van der Waals surface area (Å²) in [5.41, 5.74) is 0. The van der Waals surface area contributed by atoms with Gasteiger partial charge in [-0.2, -0.15) is 0 Å². The third-order valence-electron chi connectivity index (χ3n) is 1.22. The van der Waals surface area contributed by atoms with Crippen molar-refractivity contribution in [2.75, 3.05) is 7.11 Å². The van der Waals surface area contributed by atoms with E-state index in [1.165, 1.54) is 7.11 Å². The van der Waals surface area contributed by atoms with Crippen molar-refractivity contribution in [2.45, 2.75) is 4.16 Å². The molecular formula is C8H8BrClO2. The third-order valence-corrected chi connectivity index (χ3v) is 1.93. The van der Waals surface area contributed by atoms with Gasteiger partial charge in [0.25, 0.3) is 0 Å². The first-order chi connectivity index (χ1) is 5.64.